The molecule has 4 heteroatoms. The number of hydrogen-bond acceptors (Lipinski definition) is 2. The Kier molecular flexibility index (Phi) is 6.21. The Morgan fingerprint density at radius 1 is 0.588 bits per heavy atom. The van der Waals surface area contributed by atoms with Gasteiger partial charge in [-0.1, -0.05) is 108 Å². The van der Waals surface area contributed by atoms with Crippen LogP contribution in [-0.4, -0.2) is 11.4 Å². The maximum absolute atomic E-state index is 11.0. The van der Waals surface area contributed by atoms with Crippen molar-refractivity contribution in [3.05, 3.63) is 118 Å². The Hall–Kier alpha value is -3.43. The number of rotatable bonds is 2. The fraction of sp³-hybridized carbons (Fsp3) is 0.0333. The van der Waals surface area contributed by atoms with Crippen molar-refractivity contribution in [2.75, 3.05) is 0 Å². The number of aliphatic hydroxyl groups excluding tert-OH is 1. The first kappa shape index (κ1) is 22.4. The van der Waals surface area contributed by atoms with Crippen molar-refractivity contribution >= 4 is 72.6 Å². The maximum Gasteiger partial charge on any atom is 0.150 e. The van der Waals surface area contributed by atoms with E-state index in [2.05, 4.69) is 6.07 Å². The Labute approximate surface area is 207 Å². The first-order valence-corrected chi connectivity index (χ1v) is 11.6. The van der Waals surface area contributed by atoms with Gasteiger partial charge in [-0.05, 0) is 39.2 Å². The van der Waals surface area contributed by atoms with Crippen molar-refractivity contribution in [3.63, 3.8) is 0 Å². The van der Waals surface area contributed by atoms with Crippen LogP contribution in [0.4, 0.5) is 0 Å². The van der Waals surface area contributed by atoms with Gasteiger partial charge in [-0.25, -0.2) is 0 Å². The lowest BCUT2D eigenvalue weighted by atomic mass is 10.00. The van der Waals surface area contributed by atoms with Crippen LogP contribution in [0.2, 0.25) is 10.0 Å². The molecule has 34 heavy (non-hydrogen) atoms. The number of fused-ring (bicyclic) bond motifs is 4. The zero-order chi connectivity index (χ0) is 23.7. The topological polar surface area (TPSA) is 37.3 Å². The molecule has 6 rings (SSSR count). The first-order chi connectivity index (χ1) is 16.6. The van der Waals surface area contributed by atoms with Crippen LogP contribution < -0.4 is 0 Å². The van der Waals surface area contributed by atoms with Crippen LogP contribution in [0.3, 0.4) is 0 Å². The molecule has 0 aromatic heterocycles. The molecular weight excluding hydrogens is 463 g/mol. The van der Waals surface area contributed by atoms with Crippen LogP contribution in [0, 0.1) is 0 Å². The highest BCUT2D eigenvalue weighted by Crippen LogP contribution is 2.34. The van der Waals surface area contributed by atoms with Crippen molar-refractivity contribution in [1.82, 2.24) is 0 Å². The third kappa shape index (κ3) is 3.91. The van der Waals surface area contributed by atoms with Crippen LogP contribution in [0.15, 0.2) is 97.1 Å². The summed E-state index contributed by atoms with van der Waals surface area (Å²) in [7, 11) is 0. The minimum absolute atomic E-state index is 0.0337. The van der Waals surface area contributed by atoms with E-state index >= 15 is 0 Å². The molecule has 0 spiro atoms. The number of aldehydes is 1. The molecule has 0 aliphatic rings. The summed E-state index contributed by atoms with van der Waals surface area (Å²) in [4.78, 5) is 11.0. The van der Waals surface area contributed by atoms with Crippen LogP contribution in [0.1, 0.15) is 15.9 Å². The molecule has 0 aliphatic carbocycles. The van der Waals surface area contributed by atoms with E-state index in [0.717, 1.165) is 60.0 Å². The zero-order valence-corrected chi connectivity index (χ0v) is 19.6. The van der Waals surface area contributed by atoms with Gasteiger partial charge in [-0.3, -0.25) is 4.79 Å². The summed E-state index contributed by atoms with van der Waals surface area (Å²) in [6.07, 6.45) is 0.868. The van der Waals surface area contributed by atoms with Gasteiger partial charge in [-0.15, -0.1) is 0 Å². The second-order valence-electron chi connectivity index (χ2n) is 8.05. The third-order valence-electron chi connectivity index (χ3n) is 6.10. The SMILES string of the molecule is O=Cc1cccc2c(Cl)c3ccccc3cc12.OCc1cccc2c(Cl)c3ccccc3cc12. The van der Waals surface area contributed by atoms with E-state index in [-0.39, 0.29) is 6.61 Å². The molecule has 1 N–H and O–H groups in total. The van der Waals surface area contributed by atoms with Gasteiger partial charge in [0.05, 0.1) is 16.7 Å². The van der Waals surface area contributed by atoms with E-state index < -0.39 is 0 Å². The highest BCUT2D eigenvalue weighted by Gasteiger charge is 2.08. The van der Waals surface area contributed by atoms with E-state index in [1.54, 1.807) is 6.07 Å². The Balaban J connectivity index is 0.000000142. The van der Waals surface area contributed by atoms with Crippen molar-refractivity contribution in [3.8, 4) is 0 Å². The molecule has 0 atom stereocenters. The summed E-state index contributed by atoms with van der Waals surface area (Å²) >= 11 is 12.8. The molecule has 6 aromatic rings. The number of hydrogen-bond donors (Lipinski definition) is 1. The van der Waals surface area contributed by atoms with E-state index in [1.807, 2.05) is 84.9 Å². The number of aliphatic hydroxyl groups is 1. The first-order valence-electron chi connectivity index (χ1n) is 10.9. The van der Waals surface area contributed by atoms with Crippen molar-refractivity contribution in [2.24, 2.45) is 0 Å². The molecule has 0 unspecified atom stereocenters. The normalized spacial score (nSPS) is 11.0. The van der Waals surface area contributed by atoms with E-state index in [0.29, 0.717) is 10.6 Å². The average Bonchev–Trinajstić information content (AvgIpc) is 2.89. The Morgan fingerprint density at radius 3 is 1.68 bits per heavy atom. The standard InChI is InChI=1S/C15H11ClO.C15H9ClO/c2*16-15-12-6-2-1-4-10(12)8-14-11(9-17)5-3-7-13(14)15/h1-8,17H,9H2;1-9H. The van der Waals surface area contributed by atoms with E-state index in [1.165, 1.54) is 0 Å². The molecule has 0 aliphatic heterocycles. The highest BCUT2D eigenvalue weighted by atomic mass is 35.5. The summed E-state index contributed by atoms with van der Waals surface area (Å²) in [5.74, 6) is 0. The minimum atomic E-state index is 0.0337. The summed E-state index contributed by atoms with van der Waals surface area (Å²) in [6, 6.07) is 31.5. The molecule has 0 bridgehead atoms. The fourth-order valence-electron chi connectivity index (χ4n) is 4.40. The number of carbonyl (C=O) groups is 1. The van der Waals surface area contributed by atoms with Gasteiger partial charge >= 0.3 is 0 Å². The van der Waals surface area contributed by atoms with Crippen LogP contribution in [0.5, 0.6) is 0 Å². The largest absolute Gasteiger partial charge is 0.392 e. The van der Waals surface area contributed by atoms with Crippen LogP contribution in [-0.2, 0) is 6.61 Å². The predicted octanol–water partition coefficient (Wildman–Crippen LogP) is 8.60. The third-order valence-corrected chi connectivity index (χ3v) is 6.92. The van der Waals surface area contributed by atoms with Crippen molar-refractivity contribution in [1.29, 1.82) is 0 Å². The number of halogens is 2. The van der Waals surface area contributed by atoms with Gasteiger partial charge in [0.1, 0.15) is 0 Å². The second kappa shape index (κ2) is 9.44. The lowest BCUT2D eigenvalue weighted by Gasteiger charge is -2.08. The van der Waals surface area contributed by atoms with Crippen molar-refractivity contribution in [2.45, 2.75) is 6.61 Å². The van der Waals surface area contributed by atoms with Gasteiger partial charge < -0.3 is 5.11 Å². The van der Waals surface area contributed by atoms with Crippen LogP contribution >= 0.6 is 23.2 Å². The summed E-state index contributed by atoms with van der Waals surface area (Å²) in [5.41, 5.74) is 1.59. The van der Waals surface area contributed by atoms with Gasteiger partial charge in [0.2, 0.25) is 0 Å². The molecule has 0 saturated heterocycles. The predicted molar refractivity (Wildman–Crippen MR) is 144 cm³/mol. The summed E-state index contributed by atoms with van der Waals surface area (Å²) in [6.45, 7) is 0.0337. The minimum Gasteiger partial charge on any atom is -0.392 e. The summed E-state index contributed by atoms with van der Waals surface area (Å²) < 4.78 is 0. The number of carbonyl (C=O) groups excluding carboxylic acids is 1. The molecule has 0 fully saturated rings. The second-order valence-corrected chi connectivity index (χ2v) is 8.81. The molecular formula is C30H20Cl2O2. The molecule has 2 nitrogen and oxygen atoms in total. The average molecular weight is 483 g/mol. The molecule has 0 amide bonds. The van der Waals surface area contributed by atoms with Crippen LogP contribution in [0.25, 0.3) is 43.1 Å². The van der Waals surface area contributed by atoms with Gasteiger partial charge in [0.15, 0.2) is 6.29 Å². The highest BCUT2D eigenvalue weighted by molar-refractivity contribution is 6.41. The van der Waals surface area contributed by atoms with Crippen molar-refractivity contribution < 1.29 is 9.90 Å². The quantitative estimate of drug-likeness (QED) is 0.198. The Morgan fingerprint density at radius 2 is 1.09 bits per heavy atom. The zero-order valence-electron chi connectivity index (χ0n) is 18.1. The molecule has 0 heterocycles. The molecule has 166 valence electrons. The van der Waals surface area contributed by atoms with E-state index in [9.17, 15) is 9.90 Å². The molecule has 0 saturated carbocycles. The lowest BCUT2D eigenvalue weighted by Crippen LogP contribution is -1.87. The van der Waals surface area contributed by atoms with E-state index in [4.69, 9.17) is 23.2 Å². The Bertz CT molecular complexity index is 1690. The van der Waals surface area contributed by atoms with Gasteiger partial charge in [-0.2, -0.15) is 0 Å². The van der Waals surface area contributed by atoms with Gasteiger partial charge in [0, 0.05) is 27.1 Å². The molecule has 0 radical (unpaired) electrons. The smallest absolute Gasteiger partial charge is 0.150 e. The fourth-order valence-corrected chi connectivity index (χ4v) is 5.07. The lowest BCUT2D eigenvalue weighted by molar-refractivity contribution is 0.112. The maximum atomic E-state index is 11.0. The molecule has 6 aromatic carbocycles. The summed E-state index contributed by atoms with van der Waals surface area (Å²) in [5, 5.41) is 18.9. The number of benzene rings is 6. The van der Waals surface area contributed by atoms with Gasteiger partial charge in [0.25, 0.3) is 0 Å². The monoisotopic (exact) mass is 482 g/mol.